The maximum Gasteiger partial charge on any atom is 0.338 e. The molecule has 1 aromatic carbocycles. The molecule has 124 valence electrons. The van der Waals surface area contributed by atoms with Crippen molar-refractivity contribution < 1.29 is 14.3 Å². The summed E-state index contributed by atoms with van der Waals surface area (Å²) < 4.78 is 13.0. The SMILES string of the molecule is CC(C)(C)OC(=O)c1ccc2nc(CCl)n(C[C@H]3CCO3)c2c1. The van der Waals surface area contributed by atoms with E-state index < -0.39 is 5.60 Å². The molecule has 0 radical (unpaired) electrons. The highest BCUT2D eigenvalue weighted by Gasteiger charge is 2.23. The third-order valence-electron chi connectivity index (χ3n) is 3.76. The van der Waals surface area contributed by atoms with Gasteiger partial charge in [0.15, 0.2) is 0 Å². The van der Waals surface area contributed by atoms with E-state index in [1.807, 2.05) is 37.5 Å². The van der Waals surface area contributed by atoms with Gasteiger partial charge in [0.2, 0.25) is 0 Å². The second kappa shape index (κ2) is 6.13. The van der Waals surface area contributed by atoms with E-state index >= 15 is 0 Å². The van der Waals surface area contributed by atoms with Gasteiger partial charge in [-0.15, -0.1) is 11.6 Å². The van der Waals surface area contributed by atoms with Crippen LogP contribution in [0.1, 0.15) is 43.4 Å². The van der Waals surface area contributed by atoms with Crippen LogP contribution in [0.5, 0.6) is 0 Å². The standard InChI is InChI=1S/C17H21ClN2O3/c1-17(2,3)23-16(21)11-4-5-13-14(8-11)20(15(9-18)19-13)10-12-6-7-22-12/h4-5,8,12H,6-7,9-10H2,1-3H3/t12-/m1/s1. The molecule has 23 heavy (non-hydrogen) atoms. The molecular weight excluding hydrogens is 316 g/mol. The molecule has 2 aromatic rings. The molecule has 1 aromatic heterocycles. The van der Waals surface area contributed by atoms with E-state index in [4.69, 9.17) is 21.1 Å². The van der Waals surface area contributed by atoms with Gasteiger partial charge in [-0.05, 0) is 45.4 Å². The van der Waals surface area contributed by atoms with Crippen molar-refractivity contribution in [3.8, 4) is 0 Å². The number of aromatic nitrogens is 2. The number of carbonyl (C=O) groups excluding carboxylic acids is 1. The van der Waals surface area contributed by atoms with Gasteiger partial charge >= 0.3 is 5.97 Å². The second-order valence-corrected chi connectivity index (χ2v) is 7.03. The molecule has 0 spiro atoms. The lowest BCUT2D eigenvalue weighted by Crippen LogP contribution is -2.31. The molecule has 1 fully saturated rings. The van der Waals surface area contributed by atoms with Crippen LogP contribution in [0.3, 0.4) is 0 Å². The van der Waals surface area contributed by atoms with E-state index in [0.717, 1.165) is 29.9 Å². The summed E-state index contributed by atoms with van der Waals surface area (Å²) >= 11 is 6.02. The number of imidazole rings is 1. The molecule has 5 nitrogen and oxygen atoms in total. The molecule has 0 unspecified atom stereocenters. The number of esters is 1. The van der Waals surface area contributed by atoms with Gasteiger partial charge in [-0.1, -0.05) is 0 Å². The molecule has 3 rings (SSSR count). The topological polar surface area (TPSA) is 53.3 Å². The van der Waals surface area contributed by atoms with Crippen LogP contribution in [0, 0.1) is 0 Å². The van der Waals surface area contributed by atoms with Crippen molar-refractivity contribution in [2.45, 2.75) is 51.3 Å². The summed E-state index contributed by atoms with van der Waals surface area (Å²) in [4.78, 5) is 16.8. The maximum atomic E-state index is 12.3. The third kappa shape index (κ3) is 3.51. The molecule has 1 aliphatic heterocycles. The van der Waals surface area contributed by atoms with Crippen LogP contribution in [0.4, 0.5) is 0 Å². The number of halogens is 1. The quantitative estimate of drug-likeness (QED) is 0.633. The number of hydrogen-bond acceptors (Lipinski definition) is 4. The Morgan fingerprint density at radius 1 is 1.48 bits per heavy atom. The number of alkyl halides is 1. The zero-order chi connectivity index (χ0) is 16.6. The average molecular weight is 337 g/mol. The first-order valence-corrected chi connectivity index (χ1v) is 8.31. The number of carbonyl (C=O) groups is 1. The molecule has 2 heterocycles. The van der Waals surface area contributed by atoms with E-state index in [9.17, 15) is 4.79 Å². The van der Waals surface area contributed by atoms with E-state index in [2.05, 4.69) is 4.98 Å². The van der Waals surface area contributed by atoms with Crippen molar-refractivity contribution in [3.63, 3.8) is 0 Å². The van der Waals surface area contributed by atoms with E-state index in [1.54, 1.807) is 6.07 Å². The van der Waals surface area contributed by atoms with Crippen molar-refractivity contribution in [1.82, 2.24) is 9.55 Å². The Labute approximate surface area is 140 Å². The summed E-state index contributed by atoms with van der Waals surface area (Å²) in [5, 5.41) is 0. The van der Waals surface area contributed by atoms with Crippen molar-refractivity contribution in [2.24, 2.45) is 0 Å². The lowest BCUT2D eigenvalue weighted by Gasteiger charge is -2.27. The Balaban J connectivity index is 1.96. The van der Waals surface area contributed by atoms with Crippen LogP contribution in [0.2, 0.25) is 0 Å². The number of benzene rings is 1. The third-order valence-corrected chi connectivity index (χ3v) is 4.00. The van der Waals surface area contributed by atoms with Crippen molar-refractivity contribution in [1.29, 1.82) is 0 Å². The highest BCUT2D eigenvalue weighted by atomic mass is 35.5. The molecule has 1 saturated heterocycles. The molecule has 0 bridgehead atoms. The molecule has 1 aliphatic rings. The second-order valence-electron chi connectivity index (χ2n) is 6.76. The van der Waals surface area contributed by atoms with Crippen LogP contribution in [-0.4, -0.2) is 33.8 Å². The van der Waals surface area contributed by atoms with Gasteiger partial charge in [-0.3, -0.25) is 0 Å². The molecular formula is C17H21ClN2O3. The van der Waals surface area contributed by atoms with Crippen molar-refractivity contribution in [2.75, 3.05) is 6.61 Å². The summed E-state index contributed by atoms with van der Waals surface area (Å²) in [7, 11) is 0. The first kappa shape index (κ1) is 16.3. The first-order chi connectivity index (χ1) is 10.9. The summed E-state index contributed by atoms with van der Waals surface area (Å²) in [6.45, 7) is 7.07. The predicted octanol–water partition coefficient (Wildman–Crippen LogP) is 3.52. The molecule has 0 amide bonds. The fraction of sp³-hybridized carbons (Fsp3) is 0.529. The van der Waals surface area contributed by atoms with E-state index in [1.165, 1.54) is 0 Å². The number of fused-ring (bicyclic) bond motifs is 1. The predicted molar refractivity (Wildman–Crippen MR) is 88.8 cm³/mol. The zero-order valence-electron chi connectivity index (χ0n) is 13.6. The van der Waals surface area contributed by atoms with E-state index in [-0.39, 0.29) is 12.1 Å². The smallest absolute Gasteiger partial charge is 0.338 e. The summed E-state index contributed by atoms with van der Waals surface area (Å²) in [6.07, 6.45) is 1.23. The fourth-order valence-corrected chi connectivity index (χ4v) is 2.78. The van der Waals surface area contributed by atoms with Crippen molar-refractivity contribution in [3.05, 3.63) is 29.6 Å². The fourth-order valence-electron chi connectivity index (χ4n) is 2.57. The Morgan fingerprint density at radius 3 is 2.78 bits per heavy atom. The monoisotopic (exact) mass is 336 g/mol. The summed E-state index contributed by atoms with van der Waals surface area (Å²) in [6, 6.07) is 5.40. The van der Waals surface area contributed by atoms with Gasteiger partial charge < -0.3 is 14.0 Å². The zero-order valence-corrected chi connectivity index (χ0v) is 14.4. The van der Waals surface area contributed by atoms with Gasteiger partial charge in [-0.25, -0.2) is 9.78 Å². The average Bonchev–Trinajstić information content (AvgIpc) is 2.77. The molecule has 0 N–H and O–H groups in total. The van der Waals surface area contributed by atoms with Crippen LogP contribution < -0.4 is 0 Å². The summed E-state index contributed by atoms with van der Waals surface area (Å²) in [5.41, 5.74) is 1.71. The van der Waals surface area contributed by atoms with Gasteiger partial charge in [-0.2, -0.15) is 0 Å². The highest BCUT2D eigenvalue weighted by Crippen LogP contribution is 2.24. The lowest BCUT2D eigenvalue weighted by molar-refractivity contribution is -0.0589. The van der Waals surface area contributed by atoms with E-state index in [0.29, 0.717) is 18.0 Å². The largest absolute Gasteiger partial charge is 0.456 e. The van der Waals surface area contributed by atoms with Gasteiger partial charge in [0.05, 0.1) is 35.1 Å². The number of hydrogen-bond donors (Lipinski definition) is 0. The molecule has 6 heteroatoms. The molecule has 0 saturated carbocycles. The Hall–Kier alpha value is -1.59. The van der Waals surface area contributed by atoms with Gasteiger partial charge in [0.25, 0.3) is 0 Å². The van der Waals surface area contributed by atoms with Crippen LogP contribution in [0.25, 0.3) is 11.0 Å². The normalized spacial score (nSPS) is 18.0. The maximum absolute atomic E-state index is 12.3. The van der Waals surface area contributed by atoms with Gasteiger partial charge in [0, 0.05) is 6.61 Å². The van der Waals surface area contributed by atoms with Crippen LogP contribution in [-0.2, 0) is 21.9 Å². The Morgan fingerprint density at radius 2 is 2.22 bits per heavy atom. The van der Waals surface area contributed by atoms with Crippen molar-refractivity contribution >= 4 is 28.6 Å². The number of nitrogens with zero attached hydrogens (tertiary/aromatic N) is 2. The Kier molecular flexibility index (Phi) is 4.34. The first-order valence-electron chi connectivity index (χ1n) is 7.77. The number of rotatable bonds is 4. The van der Waals surface area contributed by atoms with Crippen LogP contribution >= 0.6 is 11.6 Å². The van der Waals surface area contributed by atoms with Gasteiger partial charge in [0.1, 0.15) is 11.4 Å². The number of ether oxygens (including phenoxy) is 2. The summed E-state index contributed by atoms with van der Waals surface area (Å²) in [5.74, 6) is 0.779. The minimum atomic E-state index is -0.520. The Bertz CT molecular complexity index is 729. The molecule has 0 aliphatic carbocycles. The lowest BCUT2D eigenvalue weighted by atomic mass is 10.1. The minimum absolute atomic E-state index is 0.194. The highest BCUT2D eigenvalue weighted by molar-refractivity contribution is 6.16. The minimum Gasteiger partial charge on any atom is -0.456 e. The molecule has 1 atom stereocenters. The van der Waals surface area contributed by atoms with Crippen LogP contribution in [0.15, 0.2) is 18.2 Å².